The first-order valence-corrected chi connectivity index (χ1v) is 6.48. The Bertz CT molecular complexity index is 194. The zero-order valence-electron chi connectivity index (χ0n) is 10.6. The topological polar surface area (TPSA) is 44.4 Å². The number of nitrogens with one attached hydrogen (secondary N) is 2. The number of nitrogens with zero attached hydrogens (tertiary/aromatic N) is 1. The van der Waals surface area contributed by atoms with E-state index in [4.69, 9.17) is 0 Å². The fourth-order valence-electron chi connectivity index (χ4n) is 2.07. The first-order chi connectivity index (χ1) is 7.76. The van der Waals surface area contributed by atoms with Crippen LogP contribution in [0.2, 0.25) is 0 Å². The molecule has 1 saturated heterocycles. The molecule has 4 heteroatoms. The van der Waals surface area contributed by atoms with Crippen molar-refractivity contribution in [2.75, 3.05) is 32.7 Å². The average Bonchev–Trinajstić information content (AvgIpc) is 2.29. The van der Waals surface area contributed by atoms with Crippen molar-refractivity contribution in [1.29, 1.82) is 0 Å². The Labute approximate surface area is 98.8 Å². The number of carbonyl (C=O) groups excluding carboxylic acids is 1. The van der Waals surface area contributed by atoms with E-state index in [1.54, 1.807) is 0 Å². The second-order valence-electron chi connectivity index (χ2n) is 4.49. The van der Waals surface area contributed by atoms with Crippen molar-refractivity contribution in [2.45, 2.75) is 39.2 Å². The third-order valence-electron chi connectivity index (χ3n) is 3.07. The van der Waals surface area contributed by atoms with Crippen molar-refractivity contribution in [3.05, 3.63) is 0 Å². The van der Waals surface area contributed by atoms with E-state index < -0.39 is 0 Å². The molecule has 0 spiro atoms. The summed E-state index contributed by atoms with van der Waals surface area (Å²) in [6.45, 7) is 8.81. The minimum atomic E-state index is 0.183. The lowest BCUT2D eigenvalue weighted by molar-refractivity contribution is -0.123. The minimum Gasteiger partial charge on any atom is -0.352 e. The molecular formula is C12H25N3O. The highest BCUT2D eigenvalue weighted by molar-refractivity contribution is 5.78. The molecule has 1 aliphatic heterocycles. The first kappa shape index (κ1) is 13.5. The number of hydrogen-bond acceptors (Lipinski definition) is 3. The molecule has 0 aromatic heterocycles. The lowest BCUT2D eigenvalue weighted by Crippen LogP contribution is -2.48. The van der Waals surface area contributed by atoms with Crippen LogP contribution in [0, 0.1) is 0 Å². The summed E-state index contributed by atoms with van der Waals surface area (Å²) in [6.07, 6.45) is 3.25. The van der Waals surface area contributed by atoms with E-state index in [1.165, 1.54) is 0 Å². The van der Waals surface area contributed by atoms with Gasteiger partial charge in [0.1, 0.15) is 0 Å². The largest absolute Gasteiger partial charge is 0.352 e. The highest BCUT2D eigenvalue weighted by atomic mass is 16.2. The molecule has 4 nitrogen and oxygen atoms in total. The van der Waals surface area contributed by atoms with Crippen molar-refractivity contribution in [1.82, 2.24) is 15.5 Å². The Hall–Kier alpha value is -0.610. The fraction of sp³-hybridized carbons (Fsp3) is 0.917. The summed E-state index contributed by atoms with van der Waals surface area (Å²) >= 11 is 0. The van der Waals surface area contributed by atoms with E-state index in [0.29, 0.717) is 12.6 Å². The highest BCUT2D eigenvalue weighted by Crippen LogP contribution is 2.01. The third-order valence-corrected chi connectivity index (χ3v) is 3.07. The Balaban J connectivity index is 2.22. The van der Waals surface area contributed by atoms with Crippen molar-refractivity contribution >= 4 is 5.91 Å². The summed E-state index contributed by atoms with van der Waals surface area (Å²) in [5.41, 5.74) is 0. The Morgan fingerprint density at radius 2 is 2.06 bits per heavy atom. The number of rotatable bonds is 6. The van der Waals surface area contributed by atoms with Crippen molar-refractivity contribution in [3.63, 3.8) is 0 Å². The molecule has 0 aromatic rings. The summed E-state index contributed by atoms with van der Waals surface area (Å²) in [5, 5.41) is 6.40. The normalized spacial score (nSPS) is 19.4. The fourth-order valence-corrected chi connectivity index (χ4v) is 2.07. The molecule has 1 unspecified atom stereocenters. The second kappa shape index (κ2) is 7.63. The predicted molar refractivity (Wildman–Crippen MR) is 66.4 cm³/mol. The molecule has 0 bridgehead atoms. The van der Waals surface area contributed by atoms with Crippen LogP contribution in [-0.2, 0) is 4.79 Å². The summed E-state index contributed by atoms with van der Waals surface area (Å²) in [5.74, 6) is 0.183. The van der Waals surface area contributed by atoms with Gasteiger partial charge in [-0.2, -0.15) is 0 Å². The molecule has 0 saturated carbocycles. The predicted octanol–water partition coefficient (Wildman–Crippen LogP) is 0.587. The van der Waals surface area contributed by atoms with Crippen LogP contribution in [0.4, 0.5) is 0 Å². The lowest BCUT2D eigenvalue weighted by Gasteiger charge is -2.27. The highest BCUT2D eigenvalue weighted by Gasteiger charge is 2.15. The molecule has 16 heavy (non-hydrogen) atoms. The molecule has 1 amide bonds. The molecule has 1 heterocycles. The maximum atomic E-state index is 11.8. The summed E-state index contributed by atoms with van der Waals surface area (Å²) in [4.78, 5) is 14.0. The Morgan fingerprint density at radius 1 is 1.38 bits per heavy atom. The molecule has 2 N–H and O–H groups in total. The van der Waals surface area contributed by atoms with E-state index in [1.807, 2.05) is 0 Å². The van der Waals surface area contributed by atoms with Gasteiger partial charge in [0, 0.05) is 32.2 Å². The smallest absolute Gasteiger partial charge is 0.234 e. The van der Waals surface area contributed by atoms with Gasteiger partial charge in [-0.05, 0) is 12.8 Å². The zero-order chi connectivity index (χ0) is 11.8. The van der Waals surface area contributed by atoms with Gasteiger partial charge in [0.2, 0.25) is 5.91 Å². The zero-order valence-corrected chi connectivity index (χ0v) is 10.6. The maximum Gasteiger partial charge on any atom is 0.234 e. The van der Waals surface area contributed by atoms with E-state index in [-0.39, 0.29) is 5.91 Å². The van der Waals surface area contributed by atoms with Crippen molar-refractivity contribution < 1.29 is 4.79 Å². The molecule has 1 atom stereocenters. The van der Waals surface area contributed by atoms with Gasteiger partial charge in [0.25, 0.3) is 0 Å². The van der Waals surface area contributed by atoms with E-state index in [9.17, 15) is 4.79 Å². The van der Waals surface area contributed by atoms with Gasteiger partial charge in [-0.15, -0.1) is 0 Å². The van der Waals surface area contributed by atoms with Crippen LogP contribution >= 0.6 is 0 Å². The number of amides is 1. The van der Waals surface area contributed by atoms with Gasteiger partial charge in [-0.1, -0.05) is 20.3 Å². The molecule has 94 valence electrons. The summed E-state index contributed by atoms with van der Waals surface area (Å²) in [7, 11) is 0. The number of carbonyl (C=O) groups is 1. The SMILES string of the molecule is CCCC(CC)NC(=O)CN1CCNCC1. The van der Waals surface area contributed by atoms with Crippen LogP contribution < -0.4 is 10.6 Å². The van der Waals surface area contributed by atoms with E-state index in [0.717, 1.165) is 45.4 Å². The van der Waals surface area contributed by atoms with E-state index >= 15 is 0 Å². The van der Waals surface area contributed by atoms with Crippen LogP contribution in [0.5, 0.6) is 0 Å². The maximum absolute atomic E-state index is 11.8. The van der Waals surface area contributed by atoms with Gasteiger partial charge in [0.05, 0.1) is 6.54 Å². The second-order valence-corrected chi connectivity index (χ2v) is 4.49. The van der Waals surface area contributed by atoms with Gasteiger partial charge >= 0.3 is 0 Å². The van der Waals surface area contributed by atoms with Crippen molar-refractivity contribution in [2.24, 2.45) is 0 Å². The van der Waals surface area contributed by atoms with Crippen LogP contribution in [0.3, 0.4) is 0 Å². The Kier molecular flexibility index (Phi) is 6.42. The van der Waals surface area contributed by atoms with Crippen LogP contribution in [0.15, 0.2) is 0 Å². The molecule has 1 fully saturated rings. The summed E-state index contributed by atoms with van der Waals surface area (Å²) < 4.78 is 0. The quantitative estimate of drug-likeness (QED) is 0.698. The molecule has 1 aliphatic rings. The van der Waals surface area contributed by atoms with E-state index in [2.05, 4.69) is 29.4 Å². The van der Waals surface area contributed by atoms with Crippen LogP contribution in [0.25, 0.3) is 0 Å². The van der Waals surface area contributed by atoms with Crippen LogP contribution in [0.1, 0.15) is 33.1 Å². The van der Waals surface area contributed by atoms with Crippen LogP contribution in [-0.4, -0.2) is 49.6 Å². The standard InChI is InChI=1S/C12H25N3O/c1-3-5-11(4-2)14-12(16)10-15-8-6-13-7-9-15/h11,13H,3-10H2,1-2H3,(H,14,16). The molecule has 0 aromatic carbocycles. The van der Waals surface area contributed by atoms with Gasteiger partial charge in [-0.25, -0.2) is 0 Å². The molecular weight excluding hydrogens is 202 g/mol. The molecule has 0 aliphatic carbocycles. The van der Waals surface area contributed by atoms with Gasteiger partial charge < -0.3 is 10.6 Å². The number of hydrogen-bond donors (Lipinski definition) is 2. The third kappa shape index (κ3) is 4.94. The first-order valence-electron chi connectivity index (χ1n) is 6.48. The average molecular weight is 227 g/mol. The summed E-state index contributed by atoms with van der Waals surface area (Å²) in [6, 6.07) is 0.361. The van der Waals surface area contributed by atoms with Gasteiger partial charge in [0.15, 0.2) is 0 Å². The Morgan fingerprint density at radius 3 is 2.62 bits per heavy atom. The monoisotopic (exact) mass is 227 g/mol. The minimum absolute atomic E-state index is 0.183. The molecule has 0 radical (unpaired) electrons. The number of piperazine rings is 1. The van der Waals surface area contributed by atoms with Gasteiger partial charge in [-0.3, -0.25) is 9.69 Å². The molecule has 1 rings (SSSR count). The lowest BCUT2D eigenvalue weighted by atomic mass is 10.1. The van der Waals surface area contributed by atoms with Crippen molar-refractivity contribution in [3.8, 4) is 0 Å².